The van der Waals surface area contributed by atoms with E-state index < -0.39 is 0 Å². The van der Waals surface area contributed by atoms with E-state index in [1.807, 2.05) is 24.3 Å². The molecule has 2 aliphatic rings. The molecule has 0 bridgehead atoms. The molecule has 2 aliphatic heterocycles. The van der Waals surface area contributed by atoms with Crippen LogP contribution >= 0.6 is 0 Å². The summed E-state index contributed by atoms with van der Waals surface area (Å²) in [4.78, 5) is 0. The number of para-hydroxylation sites is 1. The molecule has 18 heavy (non-hydrogen) atoms. The van der Waals surface area contributed by atoms with E-state index in [9.17, 15) is 0 Å². The SMILES string of the molecule is N#Cc1ccccc1NC1COC2(CCNC2)C1. The zero-order valence-electron chi connectivity index (χ0n) is 10.3. The highest BCUT2D eigenvalue weighted by Crippen LogP contribution is 2.33. The van der Waals surface area contributed by atoms with Crippen molar-refractivity contribution in [2.45, 2.75) is 24.5 Å². The van der Waals surface area contributed by atoms with Crippen molar-refractivity contribution in [2.24, 2.45) is 0 Å². The Bertz CT molecular complexity index is 474. The van der Waals surface area contributed by atoms with Crippen LogP contribution in [0, 0.1) is 11.3 Å². The van der Waals surface area contributed by atoms with Crippen molar-refractivity contribution in [3.63, 3.8) is 0 Å². The lowest BCUT2D eigenvalue weighted by Gasteiger charge is -2.21. The molecule has 2 N–H and O–H groups in total. The predicted octanol–water partition coefficient (Wildman–Crippen LogP) is 1.49. The summed E-state index contributed by atoms with van der Waals surface area (Å²) in [5.41, 5.74) is 1.64. The Hall–Kier alpha value is -1.57. The summed E-state index contributed by atoms with van der Waals surface area (Å²) in [6, 6.07) is 10.1. The maximum atomic E-state index is 9.07. The summed E-state index contributed by atoms with van der Waals surface area (Å²) in [7, 11) is 0. The third-order valence-corrected chi connectivity index (χ3v) is 3.82. The van der Waals surface area contributed by atoms with Crippen molar-refractivity contribution < 1.29 is 4.74 Å². The molecule has 2 heterocycles. The van der Waals surface area contributed by atoms with Gasteiger partial charge in [0.25, 0.3) is 0 Å². The lowest BCUT2D eigenvalue weighted by Crippen LogP contribution is -2.31. The van der Waals surface area contributed by atoms with Gasteiger partial charge in [0.2, 0.25) is 0 Å². The van der Waals surface area contributed by atoms with Crippen LogP contribution in [0.3, 0.4) is 0 Å². The number of anilines is 1. The largest absolute Gasteiger partial charge is 0.379 e. The van der Waals surface area contributed by atoms with Crippen LogP contribution in [0.2, 0.25) is 0 Å². The smallest absolute Gasteiger partial charge is 0.101 e. The molecule has 2 unspecified atom stereocenters. The monoisotopic (exact) mass is 243 g/mol. The predicted molar refractivity (Wildman–Crippen MR) is 69.4 cm³/mol. The molecule has 94 valence electrons. The molecule has 0 saturated carbocycles. The van der Waals surface area contributed by atoms with Gasteiger partial charge in [-0.05, 0) is 25.1 Å². The molecule has 2 saturated heterocycles. The van der Waals surface area contributed by atoms with Crippen molar-refractivity contribution in [3.8, 4) is 6.07 Å². The van der Waals surface area contributed by atoms with E-state index in [0.717, 1.165) is 38.2 Å². The number of ether oxygens (including phenoxy) is 1. The minimum Gasteiger partial charge on any atom is -0.379 e. The van der Waals surface area contributed by atoms with Crippen LogP contribution in [0.1, 0.15) is 18.4 Å². The van der Waals surface area contributed by atoms with Crippen LogP contribution in [-0.2, 0) is 4.74 Å². The molecule has 2 fully saturated rings. The first-order valence-corrected chi connectivity index (χ1v) is 6.42. The summed E-state index contributed by atoms with van der Waals surface area (Å²) < 4.78 is 5.95. The molecular formula is C14H17N3O. The Kier molecular flexibility index (Phi) is 2.94. The highest BCUT2D eigenvalue weighted by Gasteiger charge is 2.42. The van der Waals surface area contributed by atoms with Crippen LogP contribution in [0.25, 0.3) is 0 Å². The highest BCUT2D eigenvalue weighted by atomic mass is 16.5. The molecule has 0 aromatic heterocycles. The van der Waals surface area contributed by atoms with Crippen molar-refractivity contribution in [3.05, 3.63) is 29.8 Å². The van der Waals surface area contributed by atoms with Gasteiger partial charge in [0.1, 0.15) is 6.07 Å². The summed E-state index contributed by atoms with van der Waals surface area (Å²) in [6.45, 7) is 2.72. The minimum atomic E-state index is 0.0270. The fraction of sp³-hybridized carbons (Fsp3) is 0.500. The first-order chi connectivity index (χ1) is 8.81. The first kappa shape index (κ1) is 11.5. The molecule has 1 spiro atoms. The van der Waals surface area contributed by atoms with Crippen LogP contribution in [0.4, 0.5) is 5.69 Å². The number of hydrogen-bond acceptors (Lipinski definition) is 4. The van der Waals surface area contributed by atoms with Crippen LogP contribution in [-0.4, -0.2) is 31.3 Å². The number of rotatable bonds is 2. The van der Waals surface area contributed by atoms with E-state index in [-0.39, 0.29) is 5.60 Å². The van der Waals surface area contributed by atoms with Crippen molar-refractivity contribution in [1.29, 1.82) is 5.26 Å². The molecule has 1 aromatic rings. The summed E-state index contributed by atoms with van der Waals surface area (Å²) in [6.07, 6.45) is 2.10. The number of nitrogens with one attached hydrogen (secondary N) is 2. The second-order valence-corrected chi connectivity index (χ2v) is 5.12. The number of hydrogen-bond donors (Lipinski definition) is 2. The Labute approximate surface area is 107 Å². The van der Waals surface area contributed by atoms with Gasteiger partial charge in [0.15, 0.2) is 0 Å². The first-order valence-electron chi connectivity index (χ1n) is 6.42. The molecule has 3 rings (SSSR count). The van der Waals surface area contributed by atoms with Gasteiger partial charge in [-0.25, -0.2) is 0 Å². The van der Waals surface area contributed by atoms with Crippen LogP contribution in [0.5, 0.6) is 0 Å². The van der Waals surface area contributed by atoms with Crippen molar-refractivity contribution in [2.75, 3.05) is 25.0 Å². The van der Waals surface area contributed by atoms with Gasteiger partial charge in [-0.2, -0.15) is 5.26 Å². The lowest BCUT2D eigenvalue weighted by atomic mass is 9.97. The zero-order valence-corrected chi connectivity index (χ0v) is 10.3. The molecule has 4 nitrogen and oxygen atoms in total. The van der Waals surface area contributed by atoms with E-state index >= 15 is 0 Å². The van der Waals surface area contributed by atoms with Gasteiger partial charge in [-0.3, -0.25) is 0 Å². The Morgan fingerprint density at radius 2 is 2.33 bits per heavy atom. The van der Waals surface area contributed by atoms with E-state index in [2.05, 4.69) is 16.7 Å². The fourth-order valence-corrected chi connectivity index (χ4v) is 2.88. The number of nitrogens with zero attached hydrogens (tertiary/aromatic N) is 1. The molecular weight excluding hydrogens is 226 g/mol. The Morgan fingerprint density at radius 1 is 1.44 bits per heavy atom. The molecule has 0 amide bonds. The summed E-state index contributed by atoms with van der Waals surface area (Å²) in [5.74, 6) is 0. The van der Waals surface area contributed by atoms with Gasteiger partial charge >= 0.3 is 0 Å². The van der Waals surface area contributed by atoms with E-state index in [1.54, 1.807) is 0 Å². The standard InChI is InChI=1S/C14H17N3O/c15-8-11-3-1-2-4-13(11)17-12-7-14(18-9-12)5-6-16-10-14/h1-4,12,16-17H,5-7,9-10H2. The third-order valence-electron chi connectivity index (χ3n) is 3.82. The summed E-state index contributed by atoms with van der Waals surface area (Å²) >= 11 is 0. The van der Waals surface area contributed by atoms with E-state index in [0.29, 0.717) is 11.6 Å². The summed E-state index contributed by atoms with van der Waals surface area (Å²) in [5, 5.41) is 15.9. The van der Waals surface area contributed by atoms with Crippen LogP contribution < -0.4 is 10.6 Å². The average molecular weight is 243 g/mol. The van der Waals surface area contributed by atoms with Crippen molar-refractivity contribution in [1.82, 2.24) is 5.32 Å². The lowest BCUT2D eigenvalue weighted by molar-refractivity contribution is 0.0214. The number of benzene rings is 1. The van der Waals surface area contributed by atoms with Gasteiger partial charge in [-0.15, -0.1) is 0 Å². The fourth-order valence-electron chi connectivity index (χ4n) is 2.88. The van der Waals surface area contributed by atoms with E-state index in [4.69, 9.17) is 10.00 Å². The Balaban J connectivity index is 1.69. The molecule has 0 aliphatic carbocycles. The molecule has 0 radical (unpaired) electrons. The minimum absolute atomic E-state index is 0.0270. The average Bonchev–Trinajstić information content (AvgIpc) is 3.01. The molecule has 4 heteroatoms. The highest BCUT2D eigenvalue weighted by molar-refractivity contribution is 5.57. The normalized spacial score (nSPS) is 30.5. The third kappa shape index (κ3) is 2.07. The maximum Gasteiger partial charge on any atom is 0.101 e. The van der Waals surface area contributed by atoms with Gasteiger partial charge in [0.05, 0.1) is 29.5 Å². The Morgan fingerprint density at radius 3 is 3.11 bits per heavy atom. The van der Waals surface area contributed by atoms with Gasteiger partial charge in [0, 0.05) is 13.0 Å². The van der Waals surface area contributed by atoms with Gasteiger partial charge < -0.3 is 15.4 Å². The second kappa shape index (κ2) is 4.60. The maximum absolute atomic E-state index is 9.07. The number of nitriles is 1. The van der Waals surface area contributed by atoms with Crippen molar-refractivity contribution >= 4 is 5.69 Å². The molecule has 1 aromatic carbocycles. The van der Waals surface area contributed by atoms with Gasteiger partial charge in [-0.1, -0.05) is 12.1 Å². The topological polar surface area (TPSA) is 57.1 Å². The second-order valence-electron chi connectivity index (χ2n) is 5.12. The van der Waals surface area contributed by atoms with Crippen LogP contribution in [0.15, 0.2) is 24.3 Å². The zero-order chi connectivity index (χ0) is 12.4. The quantitative estimate of drug-likeness (QED) is 0.826. The van der Waals surface area contributed by atoms with E-state index in [1.165, 1.54) is 0 Å². The molecule has 2 atom stereocenters.